The highest BCUT2D eigenvalue weighted by Gasteiger charge is 2.36. The Kier molecular flexibility index (Phi) is 6.23. The number of aryl methyl sites for hydroxylation is 1. The first-order valence-corrected chi connectivity index (χ1v) is 8.09. The van der Waals surface area contributed by atoms with Crippen molar-refractivity contribution in [3.8, 4) is 0 Å². The molecule has 0 unspecified atom stereocenters. The van der Waals surface area contributed by atoms with Gasteiger partial charge in [-0.05, 0) is 24.1 Å². The van der Waals surface area contributed by atoms with Crippen molar-refractivity contribution in [2.75, 3.05) is 24.6 Å². The Bertz CT molecular complexity index is 674. The van der Waals surface area contributed by atoms with Crippen LogP contribution in [0, 0.1) is 5.92 Å². The van der Waals surface area contributed by atoms with Gasteiger partial charge in [-0.25, -0.2) is 0 Å². The molecule has 26 heavy (non-hydrogen) atoms. The Balaban J connectivity index is 1.85. The quantitative estimate of drug-likeness (QED) is 0.773. The fourth-order valence-electron chi connectivity index (χ4n) is 2.53. The SMILES string of the molecule is CCc1ccc(N2C[C@H](C(=O)OCC(=O)NCC(F)(F)F)CC2=O)cc1. The van der Waals surface area contributed by atoms with Gasteiger partial charge in [-0.3, -0.25) is 14.4 Å². The number of amides is 2. The lowest BCUT2D eigenvalue weighted by Gasteiger charge is -2.17. The van der Waals surface area contributed by atoms with Crippen LogP contribution < -0.4 is 10.2 Å². The number of benzene rings is 1. The van der Waals surface area contributed by atoms with Gasteiger partial charge in [0.15, 0.2) is 6.61 Å². The first-order valence-electron chi connectivity index (χ1n) is 8.09. The van der Waals surface area contributed by atoms with Crippen LogP contribution >= 0.6 is 0 Å². The molecule has 2 amide bonds. The molecule has 1 N–H and O–H groups in total. The molecule has 0 aromatic heterocycles. The van der Waals surface area contributed by atoms with Gasteiger partial charge in [0, 0.05) is 18.7 Å². The largest absolute Gasteiger partial charge is 0.455 e. The normalized spacial score (nSPS) is 17.3. The first kappa shape index (κ1) is 19.7. The van der Waals surface area contributed by atoms with Crippen molar-refractivity contribution in [3.63, 3.8) is 0 Å². The van der Waals surface area contributed by atoms with E-state index in [0.717, 1.165) is 12.0 Å². The molecule has 6 nitrogen and oxygen atoms in total. The van der Waals surface area contributed by atoms with Gasteiger partial charge >= 0.3 is 12.1 Å². The molecule has 1 atom stereocenters. The van der Waals surface area contributed by atoms with E-state index in [-0.39, 0.29) is 18.9 Å². The second kappa shape index (κ2) is 8.20. The number of carbonyl (C=O) groups is 3. The van der Waals surface area contributed by atoms with Crippen molar-refractivity contribution in [2.24, 2.45) is 5.92 Å². The number of hydrogen-bond donors (Lipinski definition) is 1. The lowest BCUT2D eigenvalue weighted by Crippen LogP contribution is -2.37. The lowest BCUT2D eigenvalue weighted by molar-refractivity contribution is -0.154. The number of hydrogen-bond acceptors (Lipinski definition) is 4. The molecule has 1 saturated heterocycles. The van der Waals surface area contributed by atoms with Gasteiger partial charge in [0.25, 0.3) is 5.91 Å². The number of nitrogens with one attached hydrogen (secondary N) is 1. The zero-order chi connectivity index (χ0) is 19.3. The maximum atomic E-state index is 12.1. The number of ether oxygens (including phenoxy) is 1. The Labute approximate surface area is 148 Å². The summed E-state index contributed by atoms with van der Waals surface area (Å²) in [6.45, 7) is -0.197. The molecule has 1 heterocycles. The first-order chi connectivity index (χ1) is 12.2. The number of halogens is 3. The van der Waals surface area contributed by atoms with Crippen LogP contribution in [-0.2, 0) is 25.5 Å². The molecule has 1 aromatic rings. The summed E-state index contributed by atoms with van der Waals surface area (Å²) in [5.74, 6) is -2.85. The number of carbonyl (C=O) groups excluding carboxylic acids is 3. The van der Waals surface area contributed by atoms with Crippen molar-refractivity contribution in [1.29, 1.82) is 0 Å². The maximum Gasteiger partial charge on any atom is 0.405 e. The smallest absolute Gasteiger partial charge is 0.405 e. The summed E-state index contributed by atoms with van der Waals surface area (Å²) in [7, 11) is 0. The number of esters is 1. The molecule has 0 radical (unpaired) electrons. The topological polar surface area (TPSA) is 75.7 Å². The van der Waals surface area contributed by atoms with Gasteiger partial charge in [-0.1, -0.05) is 19.1 Å². The third kappa shape index (κ3) is 5.47. The molecular weight excluding hydrogens is 353 g/mol. The van der Waals surface area contributed by atoms with E-state index in [4.69, 9.17) is 4.74 Å². The van der Waals surface area contributed by atoms with Crippen molar-refractivity contribution in [3.05, 3.63) is 29.8 Å². The van der Waals surface area contributed by atoms with E-state index < -0.39 is 37.1 Å². The molecule has 1 aromatic carbocycles. The molecule has 0 saturated carbocycles. The van der Waals surface area contributed by atoms with Crippen molar-refractivity contribution in [1.82, 2.24) is 5.32 Å². The summed E-state index contributed by atoms with van der Waals surface area (Å²) >= 11 is 0. The van der Waals surface area contributed by atoms with Crippen LogP contribution in [-0.4, -0.2) is 43.7 Å². The summed E-state index contributed by atoms with van der Waals surface area (Å²) in [6.07, 6.45) is -3.75. The maximum absolute atomic E-state index is 12.1. The summed E-state index contributed by atoms with van der Waals surface area (Å²) in [5.41, 5.74) is 1.77. The molecular formula is C17H19F3N2O4. The molecule has 0 bridgehead atoms. The second-order valence-electron chi connectivity index (χ2n) is 5.93. The van der Waals surface area contributed by atoms with Crippen LogP contribution in [0.1, 0.15) is 18.9 Å². The van der Waals surface area contributed by atoms with Crippen LogP contribution in [0.15, 0.2) is 24.3 Å². The van der Waals surface area contributed by atoms with Gasteiger partial charge in [-0.15, -0.1) is 0 Å². The fourth-order valence-corrected chi connectivity index (χ4v) is 2.53. The van der Waals surface area contributed by atoms with Crippen molar-refractivity contribution >= 4 is 23.5 Å². The van der Waals surface area contributed by atoms with Crippen LogP contribution in [0.5, 0.6) is 0 Å². The summed E-state index contributed by atoms with van der Waals surface area (Å²) < 4.78 is 40.7. The monoisotopic (exact) mass is 372 g/mol. The lowest BCUT2D eigenvalue weighted by atomic mass is 10.1. The van der Waals surface area contributed by atoms with Gasteiger partial charge < -0.3 is 15.0 Å². The molecule has 1 aliphatic heterocycles. The van der Waals surface area contributed by atoms with Gasteiger partial charge in [0.1, 0.15) is 6.54 Å². The third-order valence-electron chi connectivity index (χ3n) is 3.95. The molecule has 1 aliphatic rings. The number of anilines is 1. The minimum Gasteiger partial charge on any atom is -0.455 e. The van der Waals surface area contributed by atoms with E-state index in [1.165, 1.54) is 4.90 Å². The number of nitrogens with zero attached hydrogens (tertiary/aromatic N) is 1. The standard InChI is InChI=1S/C17H19F3N2O4/c1-2-11-3-5-13(6-4-11)22-8-12(7-15(22)24)16(25)26-9-14(23)21-10-17(18,19)20/h3-6,12H,2,7-10H2,1H3,(H,21,23)/t12-/m1/s1. The molecule has 142 valence electrons. The fraction of sp³-hybridized carbons (Fsp3) is 0.471. The van der Waals surface area contributed by atoms with Gasteiger partial charge in [-0.2, -0.15) is 13.2 Å². The predicted molar refractivity (Wildman–Crippen MR) is 86.3 cm³/mol. The second-order valence-corrected chi connectivity index (χ2v) is 5.93. The van der Waals surface area contributed by atoms with Gasteiger partial charge in [0.05, 0.1) is 5.92 Å². The Hall–Kier alpha value is -2.58. The third-order valence-corrected chi connectivity index (χ3v) is 3.95. The van der Waals surface area contributed by atoms with Crippen molar-refractivity contribution < 1.29 is 32.3 Å². The molecule has 0 spiro atoms. The zero-order valence-corrected chi connectivity index (χ0v) is 14.1. The van der Waals surface area contributed by atoms with E-state index in [9.17, 15) is 27.6 Å². The Morgan fingerprint density at radius 2 is 1.92 bits per heavy atom. The number of rotatable bonds is 6. The highest BCUT2D eigenvalue weighted by Crippen LogP contribution is 2.26. The van der Waals surface area contributed by atoms with Crippen molar-refractivity contribution in [2.45, 2.75) is 25.9 Å². The van der Waals surface area contributed by atoms with Crippen LogP contribution in [0.2, 0.25) is 0 Å². The van der Waals surface area contributed by atoms with E-state index in [0.29, 0.717) is 5.69 Å². The molecule has 2 rings (SSSR count). The van der Waals surface area contributed by atoms with Crippen LogP contribution in [0.25, 0.3) is 0 Å². The highest BCUT2D eigenvalue weighted by atomic mass is 19.4. The van der Waals surface area contributed by atoms with Crippen LogP contribution in [0.3, 0.4) is 0 Å². The molecule has 0 aliphatic carbocycles. The highest BCUT2D eigenvalue weighted by molar-refractivity contribution is 5.99. The van der Waals surface area contributed by atoms with E-state index in [1.54, 1.807) is 17.4 Å². The van der Waals surface area contributed by atoms with E-state index in [2.05, 4.69) is 0 Å². The van der Waals surface area contributed by atoms with Gasteiger partial charge in [0.2, 0.25) is 5.91 Å². The Morgan fingerprint density at radius 1 is 1.27 bits per heavy atom. The predicted octanol–water partition coefficient (Wildman–Crippen LogP) is 1.82. The molecule has 9 heteroatoms. The summed E-state index contributed by atoms with van der Waals surface area (Å²) in [6, 6.07) is 7.35. The van der Waals surface area contributed by atoms with E-state index >= 15 is 0 Å². The molecule has 1 fully saturated rings. The van der Waals surface area contributed by atoms with E-state index in [1.807, 2.05) is 19.1 Å². The van der Waals surface area contributed by atoms with Crippen LogP contribution in [0.4, 0.5) is 18.9 Å². The number of alkyl halides is 3. The minimum atomic E-state index is -4.54. The average Bonchev–Trinajstić information content (AvgIpc) is 2.99. The average molecular weight is 372 g/mol. The summed E-state index contributed by atoms with van der Waals surface area (Å²) in [5, 5.41) is 1.60. The zero-order valence-electron chi connectivity index (χ0n) is 14.1. The summed E-state index contributed by atoms with van der Waals surface area (Å²) in [4.78, 5) is 36.8. The Morgan fingerprint density at radius 3 is 2.50 bits per heavy atom. The minimum absolute atomic E-state index is 0.0709.